The van der Waals surface area contributed by atoms with Crippen LogP contribution in [0.1, 0.15) is 15.9 Å². The molecular formula is C16H16N2O2S2. The number of rotatable bonds is 4. The molecule has 0 aliphatic heterocycles. The Morgan fingerprint density at radius 2 is 2.05 bits per heavy atom. The van der Waals surface area contributed by atoms with Crippen LogP contribution in [0.4, 0.5) is 9.80 Å². The highest BCUT2D eigenvalue weighted by molar-refractivity contribution is 7.19. The van der Waals surface area contributed by atoms with Gasteiger partial charge in [-0.25, -0.2) is 4.79 Å². The number of amides is 2. The highest BCUT2D eigenvalue weighted by Crippen LogP contribution is 2.29. The van der Waals surface area contributed by atoms with Gasteiger partial charge in [-0.3, -0.25) is 5.32 Å². The third-order valence-corrected chi connectivity index (χ3v) is 5.34. The number of aliphatic hydroxyl groups excluding tert-OH is 1. The van der Waals surface area contributed by atoms with E-state index in [9.17, 15) is 9.90 Å². The largest absolute Gasteiger partial charge is 0.386 e. The lowest BCUT2D eigenvalue weighted by atomic mass is 10.2. The van der Waals surface area contributed by atoms with Gasteiger partial charge < -0.3 is 10.4 Å². The predicted octanol–water partition coefficient (Wildman–Crippen LogP) is 4.13. The van der Waals surface area contributed by atoms with Crippen molar-refractivity contribution in [1.82, 2.24) is 5.32 Å². The summed E-state index contributed by atoms with van der Waals surface area (Å²) in [6, 6.07) is 13.5. The molecule has 114 valence electrons. The van der Waals surface area contributed by atoms with Crippen molar-refractivity contribution in [3.05, 3.63) is 52.2 Å². The van der Waals surface area contributed by atoms with Gasteiger partial charge in [-0.15, -0.1) is 22.7 Å². The molecule has 6 heteroatoms. The third kappa shape index (κ3) is 3.47. The molecular weight excluding hydrogens is 316 g/mol. The first kappa shape index (κ1) is 15.0. The van der Waals surface area contributed by atoms with E-state index in [4.69, 9.17) is 0 Å². The molecule has 1 aromatic carbocycles. The van der Waals surface area contributed by atoms with E-state index >= 15 is 0 Å². The molecule has 3 aromatic rings. The molecule has 0 aliphatic carbocycles. The summed E-state index contributed by atoms with van der Waals surface area (Å²) in [5.41, 5.74) is 0. The number of anilines is 1. The van der Waals surface area contributed by atoms with Gasteiger partial charge in [0.1, 0.15) is 6.10 Å². The summed E-state index contributed by atoms with van der Waals surface area (Å²) < 4.78 is 1.13. The highest BCUT2D eigenvalue weighted by atomic mass is 32.1. The Balaban J connectivity index is 1.57. The van der Waals surface area contributed by atoms with E-state index in [-0.39, 0.29) is 12.6 Å². The van der Waals surface area contributed by atoms with Gasteiger partial charge in [0.2, 0.25) is 0 Å². The number of nitrogens with one attached hydrogen (secondary N) is 2. The zero-order chi connectivity index (χ0) is 15.5. The molecule has 1 unspecified atom stereocenters. The van der Waals surface area contributed by atoms with Crippen molar-refractivity contribution in [2.75, 3.05) is 11.9 Å². The third-order valence-electron chi connectivity index (χ3n) is 3.21. The summed E-state index contributed by atoms with van der Waals surface area (Å²) in [5, 5.41) is 17.6. The second-order valence-electron chi connectivity index (χ2n) is 4.95. The van der Waals surface area contributed by atoms with Gasteiger partial charge in [0.15, 0.2) is 0 Å². The van der Waals surface area contributed by atoms with Crippen LogP contribution in [-0.4, -0.2) is 17.7 Å². The van der Waals surface area contributed by atoms with Gasteiger partial charge in [-0.2, -0.15) is 0 Å². The molecule has 1 atom stereocenters. The standard InChI is InChI=1S/C16H16N2O2S2/c1-10-6-7-15(21-10)18-16(20)17-9-12(19)14-8-11-4-2-3-5-13(11)22-14/h2-8,12,19H,9H2,1H3,(H2,17,18,20). The lowest BCUT2D eigenvalue weighted by molar-refractivity contribution is 0.178. The van der Waals surface area contributed by atoms with Crippen molar-refractivity contribution >= 4 is 43.8 Å². The number of hydrogen-bond acceptors (Lipinski definition) is 4. The zero-order valence-electron chi connectivity index (χ0n) is 12.0. The fraction of sp³-hybridized carbons (Fsp3) is 0.188. The lowest BCUT2D eigenvalue weighted by Crippen LogP contribution is -2.31. The van der Waals surface area contributed by atoms with Gasteiger partial charge >= 0.3 is 6.03 Å². The topological polar surface area (TPSA) is 61.4 Å². The van der Waals surface area contributed by atoms with Crippen LogP contribution in [0.3, 0.4) is 0 Å². The van der Waals surface area contributed by atoms with E-state index < -0.39 is 6.10 Å². The van der Waals surface area contributed by atoms with Crippen LogP contribution in [0.25, 0.3) is 10.1 Å². The van der Waals surface area contributed by atoms with Crippen molar-refractivity contribution in [3.63, 3.8) is 0 Å². The first-order valence-electron chi connectivity index (χ1n) is 6.89. The van der Waals surface area contributed by atoms with Crippen molar-refractivity contribution in [2.45, 2.75) is 13.0 Å². The van der Waals surface area contributed by atoms with Crippen LogP contribution < -0.4 is 10.6 Å². The first-order chi connectivity index (χ1) is 10.6. The Labute approximate surface area is 136 Å². The van der Waals surface area contributed by atoms with E-state index in [1.165, 1.54) is 11.3 Å². The average molecular weight is 332 g/mol. The van der Waals surface area contributed by atoms with E-state index in [2.05, 4.69) is 10.6 Å². The number of thiophene rings is 2. The number of carbonyl (C=O) groups excluding carboxylic acids is 1. The second-order valence-corrected chi connectivity index (χ2v) is 7.35. The van der Waals surface area contributed by atoms with Crippen molar-refractivity contribution in [2.24, 2.45) is 0 Å². The molecule has 0 radical (unpaired) electrons. The van der Waals surface area contributed by atoms with E-state index in [1.807, 2.05) is 49.4 Å². The molecule has 0 saturated carbocycles. The molecule has 0 bridgehead atoms. The number of aryl methyl sites for hydroxylation is 1. The molecule has 0 aliphatic rings. The number of urea groups is 1. The zero-order valence-corrected chi connectivity index (χ0v) is 13.6. The Morgan fingerprint density at radius 3 is 2.77 bits per heavy atom. The van der Waals surface area contributed by atoms with Gasteiger partial charge in [-0.05, 0) is 36.6 Å². The maximum absolute atomic E-state index is 11.8. The molecule has 0 spiro atoms. The van der Waals surface area contributed by atoms with Crippen molar-refractivity contribution in [1.29, 1.82) is 0 Å². The van der Waals surface area contributed by atoms with Crippen LogP contribution in [0.5, 0.6) is 0 Å². The maximum atomic E-state index is 11.8. The average Bonchev–Trinajstić information content (AvgIpc) is 3.10. The molecule has 3 rings (SSSR count). The van der Waals surface area contributed by atoms with Gasteiger partial charge in [0.25, 0.3) is 0 Å². The minimum atomic E-state index is -0.701. The van der Waals surface area contributed by atoms with E-state index in [0.29, 0.717) is 0 Å². The molecule has 2 aromatic heterocycles. The number of aliphatic hydroxyl groups is 1. The fourth-order valence-electron chi connectivity index (χ4n) is 2.11. The van der Waals surface area contributed by atoms with Crippen LogP contribution in [0.2, 0.25) is 0 Å². The summed E-state index contributed by atoms with van der Waals surface area (Å²) >= 11 is 3.06. The molecule has 2 amide bonds. The van der Waals surface area contributed by atoms with Crippen molar-refractivity contribution in [3.8, 4) is 0 Å². The molecule has 22 heavy (non-hydrogen) atoms. The summed E-state index contributed by atoms with van der Waals surface area (Å²) in [5.74, 6) is 0. The predicted molar refractivity (Wildman–Crippen MR) is 92.9 cm³/mol. The second kappa shape index (κ2) is 6.48. The molecule has 3 N–H and O–H groups in total. The normalized spacial score (nSPS) is 12.3. The van der Waals surface area contributed by atoms with Gasteiger partial charge in [0, 0.05) is 14.5 Å². The minimum absolute atomic E-state index is 0.184. The lowest BCUT2D eigenvalue weighted by Gasteiger charge is -2.10. The van der Waals surface area contributed by atoms with Crippen LogP contribution >= 0.6 is 22.7 Å². The fourth-order valence-corrected chi connectivity index (χ4v) is 3.93. The minimum Gasteiger partial charge on any atom is -0.386 e. The summed E-state index contributed by atoms with van der Waals surface area (Å²) in [6.45, 7) is 2.17. The quantitative estimate of drug-likeness (QED) is 0.673. The molecule has 2 heterocycles. The van der Waals surface area contributed by atoms with E-state index in [1.54, 1.807) is 11.3 Å². The smallest absolute Gasteiger partial charge is 0.319 e. The Kier molecular flexibility index (Phi) is 4.42. The van der Waals surface area contributed by atoms with Crippen molar-refractivity contribution < 1.29 is 9.90 Å². The highest BCUT2D eigenvalue weighted by Gasteiger charge is 2.13. The summed E-state index contributed by atoms with van der Waals surface area (Å²) in [7, 11) is 0. The molecule has 0 saturated heterocycles. The summed E-state index contributed by atoms with van der Waals surface area (Å²) in [4.78, 5) is 13.8. The first-order valence-corrected chi connectivity index (χ1v) is 8.53. The molecule has 0 fully saturated rings. The van der Waals surface area contributed by atoms with Gasteiger partial charge in [-0.1, -0.05) is 18.2 Å². The number of hydrogen-bond donors (Lipinski definition) is 3. The molecule has 4 nitrogen and oxygen atoms in total. The Hall–Kier alpha value is -1.89. The van der Waals surface area contributed by atoms with Crippen LogP contribution in [-0.2, 0) is 0 Å². The number of fused-ring (bicyclic) bond motifs is 1. The number of carbonyl (C=O) groups is 1. The Morgan fingerprint density at radius 1 is 1.23 bits per heavy atom. The maximum Gasteiger partial charge on any atom is 0.319 e. The SMILES string of the molecule is Cc1ccc(NC(=O)NCC(O)c2cc3ccccc3s2)s1. The van der Waals surface area contributed by atoms with Crippen LogP contribution in [0, 0.1) is 6.92 Å². The van der Waals surface area contributed by atoms with Gasteiger partial charge in [0.05, 0.1) is 11.5 Å². The van der Waals surface area contributed by atoms with E-state index in [0.717, 1.165) is 24.8 Å². The number of benzene rings is 1. The van der Waals surface area contributed by atoms with Crippen LogP contribution in [0.15, 0.2) is 42.5 Å². The Bertz CT molecular complexity index is 761. The monoisotopic (exact) mass is 332 g/mol. The summed E-state index contributed by atoms with van der Waals surface area (Å²) in [6.07, 6.45) is -0.701.